The number of aromatic hydroxyl groups is 1. The first kappa shape index (κ1) is 12.9. The van der Waals surface area contributed by atoms with E-state index in [0.29, 0.717) is 11.5 Å². The van der Waals surface area contributed by atoms with Crippen molar-refractivity contribution in [3.8, 4) is 5.75 Å². The van der Waals surface area contributed by atoms with Crippen LogP contribution in [0.25, 0.3) is 6.08 Å². The lowest BCUT2D eigenvalue weighted by atomic mass is 9.56. The van der Waals surface area contributed by atoms with Gasteiger partial charge in [-0.3, -0.25) is 9.78 Å². The molecular formula is C17H20N2O2. The van der Waals surface area contributed by atoms with E-state index in [-0.39, 0.29) is 11.7 Å². The molecule has 1 saturated heterocycles. The van der Waals surface area contributed by atoms with E-state index in [0.717, 1.165) is 18.0 Å². The molecule has 1 N–H and O–H groups in total. The molecule has 0 bridgehead atoms. The second kappa shape index (κ2) is 4.58. The maximum absolute atomic E-state index is 12.4. The third kappa shape index (κ3) is 2.13. The fourth-order valence-corrected chi connectivity index (χ4v) is 4.01. The molecule has 1 aliphatic heterocycles. The number of rotatable bonds is 3. The maximum Gasteiger partial charge on any atom is 0.246 e. The van der Waals surface area contributed by atoms with Gasteiger partial charge in [-0.1, -0.05) is 6.42 Å². The molecule has 1 spiro atoms. The SMILES string of the molecule is O=C(C=Cc1cncc(O)c1)N1CC2(CCC2)C1C1CC1. The van der Waals surface area contributed by atoms with Gasteiger partial charge in [-0.2, -0.15) is 0 Å². The van der Waals surface area contributed by atoms with Crippen LogP contribution in [0.3, 0.4) is 0 Å². The largest absolute Gasteiger partial charge is 0.506 e. The van der Waals surface area contributed by atoms with Crippen LogP contribution >= 0.6 is 0 Å². The number of aromatic nitrogens is 1. The van der Waals surface area contributed by atoms with Crippen LogP contribution in [0.4, 0.5) is 0 Å². The normalized spacial score (nSPS) is 26.7. The van der Waals surface area contributed by atoms with Gasteiger partial charge in [0.05, 0.1) is 6.20 Å². The minimum atomic E-state index is 0.104. The maximum atomic E-state index is 12.4. The molecule has 2 heterocycles. The van der Waals surface area contributed by atoms with E-state index >= 15 is 0 Å². The van der Waals surface area contributed by atoms with Crippen molar-refractivity contribution < 1.29 is 9.90 Å². The molecule has 0 radical (unpaired) electrons. The van der Waals surface area contributed by atoms with Crippen LogP contribution in [0.1, 0.15) is 37.7 Å². The van der Waals surface area contributed by atoms with Crippen molar-refractivity contribution >= 4 is 12.0 Å². The Morgan fingerprint density at radius 1 is 1.38 bits per heavy atom. The van der Waals surface area contributed by atoms with Crippen LogP contribution in [0.15, 0.2) is 24.5 Å². The number of amides is 1. The van der Waals surface area contributed by atoms with Gasteiger partial charge in [-0.05, 0) is 49.3 Å². The number of nitrogens with zero attached hydrogens (tertiary/aromatic N) is 2. The Labute approximate surface area is 124 Å². The second-order valence-electron chi connectivity index (χ2n) is 6.77. The Kier molecular flexibility index (Phi) is 2.81. The zero-order valence-electron chi connectivity index (χ0n) is 12.0. The summed E-state index contributed by atoms with van der Waals surface area (Å²) >= 11 is 0. The van der Waals surface area contributed by atoms with Crippen LogP contribution < -0.4 is 0 Å². The highest BCUT2D eigenvalue weighted by Gasteiger charge is 2.61. The van der Waals surface area contributed by atoms with Gasteiger partial charge in [0, 0.05) is 30.3 Å². The summed E-state index contributed by atoms with van der Waals surface area (Å²) in [6.07, 6.45) is 12.9. The van der Waals surface area contributed by atoms with Gasteiger partial charge in [0.1, 0.15) is 5.75 Å². The zero-order valence-corrected chi connectivity index (χ0v) is 12.0. The van der Waals surface area contributed by atoms with E-state index in [1.807, 2.05) is 0 Å². The third-order valence-electron chi connectivity index (χ3n) is 5.31. The molecule has 1 unspecified atom stereocenters. The fourth-order valence-electron chi connectivity index (χ4n) is 4.01. The molecule has 1 aromatic heterocycles. The lowest BCUT2D eigenvalue weighted by Crippen LogP contribution is -2.69. The van der Waals surface area contributed by atoms with Crippen molar-refractivity contribution in [1.82, 2.24) is 9.88 Å². The van der Waals surface area contributed by atoms with Crippen molar-refractivity contribution in [2.75, 3.05) is 6.54 Å². The van der Waals surface area contributed by atoms with Crippen molar-refractivity contribution in [3.63, 3.8) is 0 Å². The number of pyridine rings is 1. The highest BCUT2D eigenvalue weighted by Crippen LogP contribution is 2.59. The van der Waals surface area contributed by atoms with E-state index in [1.54, 1.807) is 24.4 Å². The molecular weight excluding hydrogens is 264 g/mol. The summed E-state index contributed by atoms with van der Waals surface area (Å²) in [5.74, 6) is 0.976. The average molecular weight is 284 g/mol. The first-order valence-corrected chi connectivity index (χ1v) is 7.81. The minimum Gasteiger partial charge on any atom is -0.506 e. The molecule has 21 heavy (non-hydrogen) atoms. The zero-order chi connectivity index (χ0) is 14.4. The molecule has 4 nitrogen and oxygen atoms in total. The summed E-state index contributed by atoms with van der Waals surface area (Å²) in [4.78, 5) is 18.4. The second-order valence-corrected chi connectivity index (χ2v) is 6.77. The molecule has 2 saturated carbocycles. The Hall–Kier alpha value is -1.84. The molecule has 110 valence electrons. The lowest BCUT2D eigenvalue weighted by Gasteiger charge is -2.62. The third-order valence-corrected chi connectivity index (χ3v) is 5.31. The topological polar surface area (TPSA) is 53.4 Å². The van der Waals surface area contributed by atoms with Crippen LogP contribution in [0, 0.1) is 11.3 Å². The first-order valence-electron chi connectivity index (χ1n) is 7.81. The predicted molar refractivity (Wildman–Crippen MR) is 79.4 cm³/mol. The summed E-state index contributed by atoms with van der Waals surface area (Å²) in [7, 11) is 0. The van der Waals surface area contributed by atoms with E-state index in [4.69, 9.17) is 0 Å². The molecule has 1 amide bonds. The molecule has 4 rings (SSSR count). The summed E-state index contributed by atoms with van der Waals surface area (Å²) in [5, 5.41) is 9.38. The van der Waals surface area contributed by atoms with Gasteiger partial charge >= 0.3 is 0 Å². The van der Waals surface area contributed by atoms with Crippen LogP contribution in [-0.4, -0.2) is 33.5 Å². The molecule has 0 aromatic carbocycles. The van der Waals surface area contributed by atoms with Crippen molar-refractivity contribution in [1.29, 1.82) is 0 Å². The number of carbonyl (C=O) groups is 1. The standard InChI is InChI=1S/C17H20N2O2/c20-14-8-12(9-18-10-14)2-5-15(21)19-11-17(6-1-7-17)16(19)13-3-4-13/h2,5,8-10,13,16,20H,1,3-4,6-7,11H2. The minimum absolute atomic E-state index is 0.104. The molecule has 3 fully saturated rings. The highest BCUT2D eigenvalue weighted by molar-refractivity contribution is 5.92. The van der Waals surface area contributed by atoms with Crippen LogP contribution in [-0.2, 0) is 4.79 Å². The van der Waals surface area contributed by atoms with Gasteiger partial charge in [-0.25, -0.2) is 0 Å². The van der Waals surface area contributed by atoms with Gasteiger partial charge < -0.3 is 10.0 Å². The predicted octanol–water partition coefficient (Wildman–Crippen LogP) is 2.59. The van der Waals surface area contributed by atoms with E-state index < -0.39 is 0 Å². The smallest absolute Gasteiger partial charge is 0.246 e. The molecule has 1 atom stereocenters. The average Bonchev–Trinajstić information content (AvgIpc) is 3.18. The van der Waals surface area contributed by atoms with Crippen molar-refractivity contribution in [3.05, 3.63) is 30.1 Å². The van der Waals surface area contributed by atoms with E-state index in [2.05, 4.69) is 9.88 Å². The van der Waals surface area contributed by atoms with Gasteiger partial charge in [0.25, 0.3) is 0 Å². The Balaban J connectivity index is 1.45. The van der Waals surface area contributed by atoms with E-state index in [1.165, 1.54) is 38.3 Å². The van der Waals surface area contributed by atoms with Crippen LogP contribution in [0.5, 0.6) is 5.75 Å². The number of carbonyl (C=O) groups excluding carboxylic acids is 1. The number of hydrogen-bond donors (Lipinski definition) is 1. The number of hydrogen-bond acceptors (Lipinski definition) is 3. The Morgan fingerprint density at radius 2 is 2.19 bits per heavy atom. The van der Waals surface area contributed by atoms with Gasteiger partial charge in [0.15, 0.2) is 0 Å². The molecule has 3 aliphatic rings. The summed E-state index contributed by atoms with van der Waals surface area (Å²) in [5.41, 5.74) is 1.22. The van der Waals surface area contributed by atoms with Gasteiger partial charge in [-0.15, -0.1) is 0 Å². The monoisotopic (exact) mass is 284 g/mol. The molecule has 1 aromatic rings. The summed E-state index contributed by atoms with van der Waals surface area (Å²) < 4.78 is 0. The van der Waals surface area contributed by atoms with Crippen molar-refractivity contribution in [2.45, 2.75) is 38.1 Å². The van der Waals surface area contributed by atoms with Crippen LogP contribution in [0.2, 0.25) is 0 Å². The Bertz CT molecular complexity index is 603. The first-order chi connectivity index (χ1) is 10.2. The van der Waals surface area contributed by atoms with E-state index in [9.17, 15) is 9.90 Å². The quantitative estimate of drug-likeness (QED) is 0.868. The van der Waals surface area contributed by atoms with Gasteiger partial charge in [0.2, 0.25) is 5.91 Å². The Morgan fingerprint density at radius 3 is 2.81 bits per heavy atom. The molecule has 4 heteroatoms. The molecule has 2 aliphatic carbocycles. The highest BCUT2D eigenvalue weighted by atomic mass is 16.3. The summed E-state index contributed by atoms with van der Waals surface area (Å²) in [6.45, 7) is 0.940. The fraction of sp³-hybridized carbons (Fsp3) is 0.529. The lowest BCUT2D eigenvalue weighted by molar-refractivity contribution is -0.165. The summed E-state index contributed by atoms with van der Waals surface area (Å²) in [6, 6.07) is 2.10. The van der Waals surface area contributed by atoms with Crippen molar-refractivity contribution in [2.24, 2.45) is 11.3 Å². The number of likely N-dealkylation sites (tertiary alicyclic amines) is 1.